The second-order valence-corrected chi connectivity index (χ2v) is 5.82. The van der Waals surface area contributed by atoms with E-state index in [1.54, 1.807) is 39.0 Å². The lowest BCUT2D eigenvalue weighted by molar-refractivity contribution is 0.0528. The lowest BCUT2D eigenvalue weighted by atomic mass is 10.1. The van der Waals surface area contributed by atoms with Crippen LogP contribution < -0.4 is 5.32 Å². The van der Waals surface area contributed by atoms with Gasteiger partial charge in [0.05, 0.1) is 5.56 Å². The Morgan fingerprint density at radius 2 is 2.00 bits per heavy atom. The molecule has 0 aliphatic carbocycles. The van der Waals surface area contributed by atoms with Crippen molar-refractivity contribution < 1.29 is 19.4 Å². The highest BCUT2D eigenvalue weighted by Crippen LogP contribution is 2.10. The van der Waals surface area contributed by atoms with Gasteiger partial charge in [0.1, 0.15) is 5.60 Å². The summed E-state index contributed by atoms with van der Waals surface area (Å²) >= 11 is 0. The highest BCUT2D eigenvalue weighted by atomic mass is 16.6. The van der Waals surface area contributed by atoms with Crippen LogP contribution in [-0.4, -0.2) is 29.3 Å². The van der Waals surface area contributed by atoms with Crippen molar-refractivity contribution in [2.75, 3.05) is 6.54 Å². The standard InChI is InChI=1S/C17H21NO4/c1-12-8-9-14(15(19)20)11-13(12)7-5-6-10-18-16(21)22-17(2,3)4/h8-9,11H,6,10H2,1-4H3,(H,18,21)(H,19,20). The van der Waals surface area contributed by atoms with Crippen molar-refractivity contribution in [3.63, 3.8) is 0 Å². The third-order valence-electron chi connectivity index (χ3n) is 2.63. The maximum absolute atomic E-state index is 11.4. The highest BCUT2D eigenvalue weighted by Gasteiger charge is 2.15. The molecular weight excluding hydrogens is 282 g/mol. The molecule has 0 saturated carbocycles. The maximum Gasteiger partial charge on any atom is 0.407 e. The number of carboxylic acids is 1. The molecule has 1 rings (SSSR count). The van der Waals surface area contributed by atoms with E-state index in [1.807, 2.05) is 6.92 Å². The second kappa shape index (κ2) is 7.51. The molecule has 1 aromatic carbocycles. The van der Waals surface area contributed by atoms with Crippen molar-refractivity contribution in [3.8, 4) is 11.8 Å². The van der Waals surface area contributed by atoms with E-state index in [9.17, 15) is 9.59 Å². The minimum absolute atomic E-state index is 0.210. The molecule has 0 aliphatic heterocycles. The largest absolute Gasteiger partial charge is 0.478 e. The van der Waals surface area contributed by atoms with E-state index in [0.717, 1.165) is 5.56 Å². The first kappa shape index (κ1) is 17.6. The lowest BCUT2D eigenvalue weighted by Gasteiger charge is -2.19. The summed E-state index contributed by atoms with van der Waals surface area (Å²) in [6.45, 7) is 7.63. The van der Waals surface area contributed by atoms with Gasteiger partial charge in [-0.2, -0.15) is 0 Å². The van der Waals surface area contributed by atoms with Crippen molar-refractivity contribution in [3.05, 3.63) is 34.9 Å². The minimum atomic E-state index is -0.977. The third kappa shape index (κ3) is 6.31. The Kier molecular flexibility index (Phi) is 6.00. The monoisotopic (exact) mass is 303 g/mol. The van der Waals surface area contributed by atoms with Gasteiger partial charge in [-0.05, 0) is 45.4 Å². The van der Waals surface area contributed by atoms with E-state index in [0.29, 0.717) is 18.5 Å². The summed E-state index contributed by atoms with van der Waals surface area (Å²) in [6, 6.07) is 4.82. The molecule has 0 heterocycles. The number of hydrogen-bond acceptors (Lipinski definition) is 3. The van der Waals surface area contributed by atoms with Crippen LogP contribution in [0.25, 0.3) is 0 Å². The lowest BCUT2D eigenvalue weighted by Crippen LogP contribution is -2.32. The van der Waals surface area contributed by atoms with E-state index in [2.05, 4.69) is 17.2 Å². The molecule has 2 N–H and O–H groups in total. The molecular formula is C17H21NO4. The van der Waals surface area contributed by atoms with Crippen LogP contribution in [0.5, 0.6) is 0 Å². The summed E-state index contributed by atoms with van der Waals surface area (Å²) in [4.78, 5) is 22.3. The number of rotatable bonds is 3. The van der Waals surface area contributed by atoms with Gasteiger partial charge in [0.15, 0.2) is 0 Å². The summed E-state index contributed by atoms with van der Waals surface area (Å²) < 4.78 is 5.10. The molecule has 0 bridgehead atoms. The fraction of sp³-hybridized carbons (Fsp3) is 0.412. The number of ether oxygens (including phenoxy) is 1. The SMILES string of the molecule is Cc1ccc(C(=O)O)cc1C#CCCNC(=O)OC(C)(C)C. The quantitative estimate of drug-likeness (QED) is 0.665. The molecule has 0 atom stereocenters. The van der Waals surface area contributed by atoms with Crippen LogP contribution in [0.3, 0.4) is 0 Å². The van der Waals surface area contributed by atoms with Crippen LogP contribution in [0.15, 0.2) is 18.2 Å². The van der Waals surface area contributed by atoms with Gasteiger partial charge in [-0.15, -0.1) is 0 Å². The van der Waals surface area contributed by atoms with E-state index < -0.39 is 17.7 Å². The fourth-order valence-corrected chi connectivity index (χ4v) is 1.59. The number of amides is 1. The molecule has 0 aliphatic rings. The van der Waals surface area contributed by atoms with Gasteiger partial charge in [0.2, 0.25) is 0 Å². The Morgan fingerprint density at radius 3 is 2.59 bits per heavy atom. The summed E-state index contributed by atoms with van der Waals surface area (Å²) in [5, 5.41) is 11.6. The summed E-state index contributed by atoms with van der Waals surface area (Å²) in [7, 11) is 0. The number of alkyl carbamates (subject to hydrolysis) is 1. The average Bonchev–Trinajstić information content (AvgIpc) is 2.37. The molecule has 1 aromatic rings. The first-order valence-corrected chi connectivity index (χ1v) is 6.99. The van der Waals surface area contributed by atoms with Crippen molar-refractivity contribution in [1.29, 1.82) is 0 Å². The van der Waals surface area contributed by atoms with Gasteiger partial charge in [0.25, 0.3) is 0 Å². The van der Waals surface area contributed by atoms with E-state index in [1.165, 1.54) is 0 Å². The Bertz CT molecular complexity index is 618. The van der Waals surface area contributed by atoms with Crippen LogP contribution in [-0.2, 0) is 4.74 Å². The number of benzene rings is 1. The van der Waals surface area contributed by atoms with Crippen LogP contribution >= 0.6 is 0 Å². The van der Waals surface area contributed by atoms with Gasteiger partial charge >= 0.3 is 12.1 Å². The van der Waals surface area contributed by atoms with Crippen LogP contribution in [0, 0.1) is 18.8 Å². The molecule has 118 valence electrons. The number of carbonyl (C=O) groups is 2. The molecule has 0 spiro atoms. The van der Waals surface area contributed by atoms with Crippen molar-refractivity contribution in [2.45, 2.75) is 39.7 Å². The molecule has 0 aromatic heterocycles. The van der Waals surface area contributed by atoms with E-state index in [4.69, 9.17) is 9.84 Å². The van der Waals surface area contributed by atoms with Crippen LogP contribution in [0.1, 0.15) is 48.7 Å². The number of carboxylic acid groups (broad SMARTS) is 1. The number of carbonyl (C=O) groups excluding carboxylic acids is 1. The molecule has 0 fully saturated rings. The van der Waals surface area contributed by atoms with E-state index in [-0.39, 0.29) is 5.56 Å². The molecule has 0 radical (unpaired) electrons. The van der Waals surface area contributed by atoms with Crippen molar-refractivity contribution in [1.82, 2.24) is 5.32 Å². The number of nitrogens with one attached hydrogen (secondary N) is 1. The summed E-state index contributed by atoms with van der Waals surface area (Å²) in [5.41, 5.74) is 1.28. The zero-order valence-corrected chi connectivity index (χ0v) is 13.3. The third-order valence-corrected chi connectivity index (χ3v) is 2.63. The predicted octanol–water partition coefficient (Wildman–Crippen LogP) is 2.96. The number of aromatic carboxylic acids is 1. The Balaban J connectivity index is 2.53. The molecule has 1 amide bonds. The Morgan fingerprint density at radius 1 is 1.32 bits per heavy atom. The number of hydrogen-bond donors (Lipinski definition) is 2. The van der Waals surface area contributed by atoms with E-state index >= 15 is 0 Å². The Hall–Kier alpha value is -2.48. The number of aryl methyl sites for hydroxylation is 1. The van der Waals surface area contributed by atoms with Crippen LogP contribution in [0.4, 0.5) is 4.79 Å². The zero-order chi connectivity index (χ0) is 16.8. The molecule has 0 saturated heterocycles. The first-order chi connectivity index (χ1) is 10.2. The summed E-state index contributed by atoms with van der Waals surface area (Å²) in [5.74, 6) is 4.86. The molecule has 22 heavy (non-hydrogen) atoms. The van der Waals surface area contributed by atoms with Gasteiger partial charge in [-0.25, -0.2) is 9.59 Å². The van der Waals surface area contributed by atoms with Gasteiger partial charge in [0, 0.05) is 18.5 Å². The van der Waals surface area contributed by atoms with Crippen molar-refractivity contribution >= 4 is 12.1 Å². The van der Waals surface area contributed by atoms with Crippen LogP contribution in [0.2, 0.25) is 0 Å². The minimum Gasteiger partial charge on any atom is -0.478 e. The fourth-order valence-electron chi connectivity index (χ4n) is 1.59. The molecule has 0 unspecified atom stereocenters. The summed E-state index contributed by atoms with van der Waals surface area (Å²) in [6.07, 6.45) is -0.0194. The highest BCUT2D eigenvalue weighted by molar-refractivity contribution is 5.88. The van der Waals surface area contributed by atoms with Gasteiger partial charge in [-0.1, -0.05) is 17.9 Å². The first-order valence-electron chi connectivity index (χ1n) is 6.99. The second-order valence-electron chi connectivity index (χ2n) is 5.82. The predicted molar refractivity (Wildman–Crippen MR) is 83.9 cm³/mol. The normalized spacial score (nSPS) is 10.4. The maximum atomic E-state index is 11.4. The Labute approximate surface area is 130 Å². The smallest absolute Gasteiger partial charge is 0.407 e. The van der Waals surface area contributed by atoms with Gasteiger partial charge < -0.3 is 15.2 Å². The molecule has 5 heteroatoms. The van der Waals surface area contributed by atoms with Gasteiger partial charge in [-0.3, -0.25) is 0 Å². The van der Waals surface area contributed by atoms with Crippen molar-refractivity contribution in [2.24, 2.45) is 0 Å². The zero-order valence-electron chi connectivity index (χ0n) is 13.3. The average molecular weight is 303 g/mol. The topological polar surface area (TPSA) is 75.6 Å². The molecule has 5 nitrogen and oxygen atoms in total.